The smallest absolute Gasteiger partial charge is 0.303 e. The molecule has 0 saturated carbocycles. The van der Waals surface area contributed by atoms with Gasteiger partial charge in [0.15, 0.2) is 0 Å². The Labute approximate surface area is 125 Å². The third kappa shape index (κ3) is 4.45. The molecule has 0 radical (unpaired) electrons. The Morgan fingerprint density at radius 3 is 2.85 bits per heavy atom. The number of aromatic nitrogens is 2. The van der Waals surface area contributed by atoms with Crippen molar-refractivity contribution in [3.8, 4) is 0 Å². The molecule has 1 atom stereocenters. The maximum absolute atomic E-state index is 10.6. The highest BCUT2D eigenvalue weighted by atomic mass is 79.9. The topological polar surface area (TPSA) is 76.2 Å². The van der Waals surface area contributed by atoms with Gasteiger partial charge in [-0.15, -0.1) is 10.2 Å². The summed E-state index contributed by atoms with van der Waals surface area (Å²) in [6, 6.07) is 7.89. The maximum atomic E-state index is 10.6. The zero-order valence-electron chi connectivity index (χ0n) is 11.0. The van der Waals surface area contributed by atoms with Crippen molar-refractivity contribution in [2.24, 2.45) is 5.92 Å². The lowest BCUT2D eigenvalue weighted by atomic mass is 10.0. The lowest BCUT2D eigenvalue weighted by molar-refractivity contribution is -0.137. The highest BCUT2D eigenvalue weighted by molar-refractivity contribution is 9.10. The van der Waals surface area contributed by atoms with Crippen LogP contribution in [0.15, 0.2) is 33.2 Å². The van der Waals surface area contributed by atoms with E-state index >= 15 is 0 Å². The Morgan fingerprint density at radius 1 is 1.40 bits per heavy atom. The summed E-state index contributed by atoms with van der Waals surface area (Å²) in [6.45, 7) is 1.85. The molecule has 0 amide bonds. The van der Waals surface area contributed by atoms with E-state index in [2.05, 4.69) is 26.1 Å². The fourth-order valence-corrected chi connectivity index (χ4v) is 2.38. The second kappa shape index (κ2) is 6.65. The lowest BCUT2D eigenvalue weighted by Crippen LogP contribution is -2.07. The number of hydrogen-bond donors (Lipinski definition) is 1. The van der Waals surface area contributed by atoms with Gasteiger partial charge in [-0.25, -0.2) is 0 Å². The molecular weight excluding hydrogens is 324 g/mol. The summed E-state index contributed by atoms with van der Waals surface area (Å²) in [5.74, 6) is 0.197. The van der Waals surface area contributed by atoms with Gasteiger partial charge in [0.2, 0.25) is 11.8 Å². The fourth-order valence-electron chi connectivity index (χ4n) is 1.93. The zero-order valence-corrected chi connectivity index (χ0v) is 12.6. The summed E-state index contributed by atoms with van der Waals surface area (Å²) >= 11 is 3.41. The molecular formula is C14H15BrN2O3. The molecule has 1 N–H and O–H groups in total. The van der Waals surface area contributed by atoms with Crippen molar-refractivity contribution in [3.05, 3.63) is 46.1 Å². The maximum Gasteiger partial charge on any atom is 0.303 e. The van der Waals surface area contributed by atoms with Gasteiger partial charge in [-0.3, -0.25) is 4.79 Å². The van der Waals surface area contributed by atoms with Gasteiger partial charge in [0.25, 0.3) is 0 Å². The van der Waals surface area contributed by atoms with Crippen LogP contribution in [-0.4, -0.2) is 21.3 Å². The monoisotopic (exact) mass is 338 g/mol. The Bertz CT molecular complexity index is 598. The van der Waals surface area contributed by atoms with Gasteiger partial charge < -0.3 is 9.52 Å². The van der Waals surface area contributed by atoms with Crippen molar-refractivity contribution in [3.63, 3.8) is 0 Å². The Balaban J connectivity index is 1.97. The molecule has 0 spiro atoms. The quantitative estimate of drug-likeness (QED) is 0.875. The number of carboxylic acids is 1. The minimum Gasteiger partial charge on any atom is -0.481 e. The highest BCUT2D eigenvalue weighted by Crippen LogP contribution is 2.16. The van der Waals surface area contributed by atoms with Crippen LogP contribution in [0.25, 0.3) is 0 Å². The number of halogens is 1. The van der Waals surface area contributed by atoms with Gasteiger partial charge in [0.1, 0.15) is 0 Å². The first kappa shape index (κ1) is 14.7. The molecule has 1 aromatic heterocycles. The first-order chi connectivity index (χ1) is 9.52. The van der Waals surface area contributed by atoms with E-state index < -0.39 is 5.97 Å². The lowest BCUT2D eigenvalue weighted by Gasteiger charge is -2.03. The van der Waals surface area contributed by atoms with Crippen LogP contribution in [0.1, 0.15) is 30.7 Å². The van der Waals surface area contributed by atoms with Crippen molar-refractivity contribution in [1.29, 1.82) is 0 Å². The van der Waals surface area contributed by atoms with E-state index in [9.17, 15) is 4.79 Å². The number of benzene rings is 1. The molecule has 6 heteroatoms. The number of carbonyl (C=O) groups is 1. The van der Waals surface area contributed by atoms with E-state index in [1.807, 2.05) is 31.2 Å². The third-order valence-corrected chi connectivity index (χ3v) is 3.29. The van der Waals surface area contributed by atoms with Gasteiger partial charge in [-0.1, -0.05) is 35.0 Å². The normalized spacial score (nSPS) is 12.3. The Kier molecular flexibility index (Phi) is 4.89. The van der Waals surface area contributed by atoms with Crippen molar-refractivity contribution < 1.29 is 14.3 Å². The standard InChI is InChI=1S/C14H15BrN2O3/c1-9(6-14(18)19)5-12-16-17-13(20-12)8-10-3-2-4-11(15)7-10/h2-4,7,9H,5-6,8H2,1H3,(H,18,19). The Hall–Kier alpha value is -1.69. The van der Waals surface area contributed by atoms with E-state index in [4.69, 9.17) is 9.52 Å². The van der Waals surface area contributed by atoms with Crippen LogP contribution in [0.4, 0.5) is 0 Å². The first-order valence-electron chi connectivity index (χ1n) is 6.30. The summed E-state index contributed by atoms with van der Waals surface area (Å²) in [5.41, 5.74) is 1.08. The van der Waals surface area contributed by atoms with Gasteiger partial charge in [-0.05, 0) is 23.6 Å². The van der Waals surface area contributed by atoms with Gasteiger partial charge >= 0.3 is 5.97 Å². The van der Waals surface area contributed by atoms with E-state index in [-0.39, 0.29) is 12.3 Å². The largest absolute Gasteiger partial charge is 0.481 e. The van der Waals surface area contributed by atoms with E-state index in [1.54, 1.807) is 0 Å². The number of carboxylic acid groups (broad SMARTS) is 1. The second-order valence-corrected chi connectivity index (χ2v) is 5.72. The SMILES string of the molecule is CC(CC(=O)O)Cc1nnc(Cc2cccc(Br)c2)o1. The molecule has 0 fully saturated rings. The molecule has 0 bridgehead atoms. The molecule has 0 saturated heterocycles. The summed E-state index contributed by atoms with van der Waals surface area (Å²) in [6.07, 6.45) is 1.15. The third-order valence-electron chi connectivity index (χ3n) is 2.80. The van der Waals surface area contributed by atoms with Gasteiger partial charge in [-0.2, -0.15) is 0 Å². The number of nitrogens with zero attached hydrogens (tertiary/aromatic N) is 2. The average Bonchev–Trinajstić information content (AvgIpc) is 2.75. The average molecular weight is 339 g/mol. The fraction of sp³-hybridized carbons (Fsp3) is 0.357. The van der Waals surface area contributed by atoms with Crippen LogP contribution >= 0.6 is 15.9 Å². The number of aliphatic carboxylic acids is 1. The predicted molar refractivity (Wildman–Crippen MR) is 76.4 cm³/mol. The first-order valence-corrected chi connectivity index (χ1v) is 7.09. The molecule has 0 aliphatic heterocycles. The number of hydrogen-bond acceptors (Lipinski definition) is 4. The molecule has 1 unspecified atom stereocenters. The molecule has 1 aromatic carbocycles. The van der Waals surface area contributed by atoms with Crippen molar-refractivity contribution in [2.75, 3.05) is 0 Å². The summed E-state index contributed by atoms with van der Waals surface area (Å²) in [4.78, 5) is 10.6. The van der Waals surface area contributed by atoms with Crippen LogP contribution in [0.5, 0.6) is 0 Å². The van der Waals surface area contributed by atoms with Crippen molar-refractivity contribution >= 4 is 21.9 Å². The van der Waals surface area contributed by atoms with E-state index in [0.29, 0.717) is 24.6 Å². The van der Waals surface area contributed by atoms with Crippen LogP contribution < -0.4 is 0 Å². The summed E-state index contributed by atoms with van der Waals surface area (Å²) < 4.78 is 6.55. The molecule has 0 aliphatic carbocycles. The van der Waals surface area contributed by atoms with Crippen molar-refractivity contribution in [2.45, 2.75) is 26.2 Å². The molecule has 0 aliphatic rings. The molecule has 1 heterocycles. The summed E-state index contributed by atoms with van der Waals surface area (Å²) in [7, 11) is 0. The molecule has 2 rings (SSSR count). The van der Waals surface area contributed by atoms with Crippen LogP contribution in [0.2, 0.25) is 0 Å². The highest BCUT2D eigenvalue weighted by Gasteiger charge is 2.13. The second-order valence-electron chi connectivity index (χ2n) is 4.80. The summed E-state index contributed by atoms with van der Waals surface area (Å²) in [5, 5.41) is 16.7. The van der Waals surface area contributed by atoms with Crippen LogP contribution in [0, 0.1) is 5.92 Å². The van der Waals surface area contributed by atoms with Crippen LogP contribution in [-0.2, 0) is 17.6 Å². The predicted octanol–water partition coefficient (Wildman–Crippen LogP) is 3.08. The molecule has 2 aromatic rings. The molecule has 5 nitrogen and oxygen atoms in total. The number of rotatable bonds is 6. The zero-order chi connectivity index (χ0) is 14.5. The van der Waals surface area contributed by atoms with Crippen molar-refractivity contribution in [1.82, 2.24) is 10.2 Å². The van der Waals surface area contributed by atoms with Crippen LogP contribution in [0.3, 0.4) is 0 Å². The van der Waals surface area contributed by atoms with E-state index in [0.717, 1.165) is 10.0 Å². The minimum atomic E-state index is -0.814. The Morgan fingerprint density at radius 2 is 2.15 bits per heavy atom. The molecule has 20 heavy (non-hydrogen) atoms. The molecule has 106 valence electrons. The van der Waals surface area contributed by atoms with Gasteiger partial charge in [0.05, 0.1) is 6.42 Å². The van der Waals surface area contributed by atoms with E-state index in [1.165, 1.54) is 0 Å². The minimum absolute atomic E-state index is 0.0216. The van der Waals surface area contributed by atoms with Gasteiger partial charge in [0, 0.05) is 17.3 Å².